The van der Waals surface area contributed by atoms with Crippen molar-refractivity contribution in [3.8, 4) is 22.9 Å². The van der Waals surface area contributed by atoms with Crippen LogP contribution in [-0.4, -0.2) is 39.2 Å². The van der Waals surface area contributed by atoms with E-state index in [0.717, 1.165) is 18.4 Å². The van der Waals surface area contributed by atoms with Gasteiger partial charge in [0.25, 0.3) is 5.56 Å². The molecule has 1 fully saturated rings. The van der Waals surface area contributed by atoms with E-state index in [9.17, 15) is 4.79 Å². The van der Waals surface area contributed by atoms with Crippen molar-refractivity contribution in [3.05, 3.63) is 57.7 Å². The van der Waals surface area contributed by atoms with Gasteiger partial charge in [-0.15, -0.1) is 0 Å². The lowest BCUT2D eigenvalue weighted by atomic mass is 10.2. The van der Waals surface area contributed by atoms with E-state index in [1.165, 1.54) is 11.8 Å². The Balaban J connectivity index is 1.32. The SMILES string of the molecule is O=c1c2cc3c(cc2nc(SCc2nc(-c4ccc(Cl)cc4)no2)n1CC1CCCO1)OCO3. The fourth-order valence-electron chi connectivity index (χ4n) is 4.01. The first kappa shape index (κ1) is 21.5. The Bertz CT molecular complexity index is 1420. The first-order valence-corrected chi connectivity index (χ1v) is 12.2. The van der Waals surface area contributed by atoms with Crippen LogP contribution in [0.3, 0.4) is 0 Å². The number of hydrogen-bond acceptors (Lipinski definition) is 9. The Kier molecular flexibility index (Phi) is 5.64. The standard InChI is InChI=1S/C23H19ClN4O5S/c24-14-5-3-13(4-6-14)21-26-20(33-27-21)11-34-23-25-17-9-19-18(31-12-32-19)8-16(17)22(29)28(23)10-15-2-1-7-30-15/h3-6,8-9,15H,1-2,7,10-12H2. The lowest BCUT2D eigenvalue weighted by Crippen LogP contribution is -2.28. The molecule has 174 valence electrons. The van der Waals surface area contributed by atoms with Gasteiger partial charge >= 0.3 is 0 Å². The third-order valence-corrected chi connectivity index (χ3v) is 6.93. The number of nitrogens with zero attached hydrogens (tertiary/aromatic N) is 4. The highest BCUT2D eigenvalue weighted by Crippen LogP contribution is 2.35. The largest absolute Gasteiger partial charge is 0.454 e. The lowest BCUT2D eigenvalue weighted by molar-refractivity contribution is 0.0937. The van der Waals surface area contributed by atoms with Crippen LogP contribution < -0.4 is 15.0 Å². The molecule has 1 unspecified atom stereocenters. The van der Waals surface area contributed by atoms with Gasteiger partial charge in [-0.05, 0) is 43.2 Å². The summed E-state index contributed by atoms with van der Waals surface area (Å²) in [6.45, 7) is 1.26. The summed E-state index contributed by atoms with van der Waals surface area (Å²) in [5.41, 5.74) is 1.21. The third kappa shape index (κ3) is 4.13. The van der Waals surface area contributed by atoms with Crippen molar-refractivity contribution >= 4 is 34.3 Å². The number of halogens is 1. The maximum atomic E-state index is 13.5. The van der Waals surface area contributed by atoms with E-state index in [-0.39, 0.29) is 18.5 Å². The minimum Gasteiger partial charge on any atom is -0.454 e. The fourth-order valence-corrected chi connectivity index (χ4v) is 4.98. The van der Waals surface area contributed by atoms with E-state index in [1.807, 2.05) is 12.1 Å². The van der Waals surface area contributed by atoms with Crippen molar-refractivity contribution < 1.29 is 18.7 Å². The van der Waals surface area contributed by atoms with Crippen LogP contribution in [0.25, 0.3) is 22.3 Å². The Hall–Kier alpha value is -3.08. The van der Waals surface area contributed by atoms with Crippen molar-refractivity contribution in [1.29, 1.82) is 0 Å². The van der Waals surface area contributed by atoms with E-state index in [1.54, 1.807) is 28.8 Å². The van der Waals surface area contributed by atoms with E-state index in [4.69, 9.17) is 35.3 Å². The third-order valence-electron chi connectivity index (χ3n) is 5.72. The zero-order valence-electron chi connectivity index (χ0n) is 17.9. The molecule has 1 saturated heterocycles. The monoisotopic (exact) mass is 498 g/mol. The second-order valence-corrected chi connectivity index (χ2v) is 9.35. The quantitative estimate of drug-likeness (QED) is 0.284. The smallest absolute Gasteiger partial charge is 0.262 e. The predicted octanol–water partition coefficient (Wildman–Crippen LogP) is 4.30. The van der Waals surface area contributed by atoms with Crippen molar-refractivity contribution in [2.24, 2.45) is 0 Å². The molecule has 0 N–H and O–H groups in total. The molecule has 34 heavy (non-hydrogen) atoms. The summed E-state index contributed by atoms with van der Waals surface area (Å²) in [5.74, 6) is 2.39. The number of rotatable bonds is 6. The minimum absolute atomic E-state index is 0.0229. The number of fused-ring (bicyclic) bond motifs is 2. The zero-order chi connectivity index (χ0) is 23.1. The maximum absolute atomic E-state index is 13.5. The predicted molar refractivity (Wildman–Crippen MR) is 125 cm³/mol. The molecule has 1 atom stereocenters. The van der Waals surface area contributed by atoms with Crippen molar-refractivity contribution in [1.82, 2.24) is 19.7 Å². The summed E-state index contributed by atoms with van der Waals surface area (Å²) in [5, 5.41) is 5.73. The van der Waals surface area contributed by atoms with Gasteiger partial charge in [-0.2, -0.15) is 4.98 Å². The number of thioether (sulfide) groups is 1. The van der Waals surface area contributed by atoms with Crippen LogP contribution in [0, 0.1) is 0 Å². The average molecular weight is 499 g/mol. The number of aromatic nitrogens is 4. The van der Waals surface area contributed by atoms with E-state index in [2.05, 4.69) is 10.1 Å². The lowest BCUT2D eigenvalue weighted by Gasteiger charge is -2.16. The maximum Gasteiger partial charge on any atom is 0.262 e. The Morgan fingerprint density at radius 3 is 2.74 bits per heavy atom. The normalized spacial score (nSPS) is 17.0. The second kappa shape index (κ2) is 8.94. The highest BCUT2D eigenvalue weighted by molar-refractivity contribution is 7.98. The van der Waals surface area contributed by atoms with Crippen molar-refractivity contribution in [3.63, 3.8) is 0 Å². The molecular formula is C23H19ClN4O5S. The fraction of sp³-hybridized carbons (Fsp3) is 0.304. The van der Waals surface area contributed by atoms with Crippen LogP contribution in [0.1, 0.15) is 18.7 Å². The van der Waals surface area contributed by atoms with Crippen LogP contribution in [0.15, 0.2) is 50.9 Å². The topological polar surface area (TPSA) is 102 Å². The number of benzene rings is 2. The summed E-state index contributed by atoms with van der Waals surface area (Å²) in [6.07, 6.45) is 1.87. The van der Waals surface area contributed by atoms with Crippen molar-refractivity contribution in [2.75, 3.05) is 13.4 Å². The highest BCUT2D eigenvalue weighted by atomic mass is 35.5. The van der Waals surface area contributed by atoms with Gasteiger partial charge in [-0.25, -0.2) is 4.98 Å². The molecule has 4 heterocycles. The molecule has 9 nitrogen and oxygen atoms in total. The summed E-state index contributed by atoms with van der Waals surface area (Å²) in [6, 6.07) is 10.7. The second-order valence-electron chi connectivity index (χ2n) is 7.98. The van der Waals surface area contributed by atoms with Gasteiger partial charge in [0.05, 0.1) is 29.3 Å². The molecular weight excluding hydrogens is 480 g/mol. The summed E-state index contributed by atoms with van der Waals surface area (Å²) in [7, 11) is 0. The first-order chi connectivity index (χ1) is 16.6. The van der Waals surface area contributed by atoms with Gasteiger partial charge in [0, 0.05) is 23.3 Å². The zero-order valence-corrected chi connectivity index (χ0v) is 19.5. The summed E-state index contributed by atoms with van der Waals surface area (Å²) < 4.78 is 23.8. The van der Waals surface area contributed by atoms with Gasteiger partial charge < -0.3 is 18.7 Å². The molecule has 0 bridgehead atoms. The van der Waals surface area contributed by atoms with Crippen molar-refractivity contribution in [2.45, 2.75) is 36.4 Å². The van der Waals surface area contributed by atoms with Crippen LogP contribution in [-0.2, 0) is 17.0 Å². The molecule has 0 saturated carbocycles. The summed E-state index contributed by atoms with van der Waals surface area (Å²) >= 11 is 7.32. The molecule has 2 aliphatic rings. The summed E-state index contributed by atoms with van der Waals surface area (Å²) in [4.78, 5) is 22.7. The molecule has 0 radical (unpaired) electrons. The van der Waals surface area contributed by atoms with Gasteiger partial charge in [-0.1, -0.05) is 28.5 Å². The Labute approximate surface area is 203 Å². The van der Waals surface area contributed by atoms with Gasteiger partial charge in [0.15, 0.2) is 16.7 Å². The van der Waals surface area contributed by atoms with Crippen LogP contribution in [0.2, 0.25) is 5.02 Å². The number of hydrogen-bond donors (Lipinski definition) is 0. The molecule has 0 aliphatic carbocycles. The molecule has 11 heteroatoms. The average Bonchev–Trinajstić information content (AvgIpc) is 3.61. The molecule has 2 aromatic carbocycles. The molecule has 0 spiro atoms. The van der Waals surface area contributed by atoms with Gasteiger partial charge in [-0.3, -0.25) is 9.36 Å². The molecule has 0 amide bonds. The molecule has 6 rings (SSSR count). The van der Waals surface area contributed by atoms with E-state index in [0.29, 0.717) is 63.2 Å². The number of ether oxygens (including phenoxy) is 3. The molecule has 4 aromatic rings. The van der Waals surface area contributed by atoms with Gasteiger partial charge in [0.1, 0.15) is 0 Å². The Morgan fingerprint density at radius 1 is 1.12 bits per heavy atom. The Morgan fingerprint density at radius 2 is 1.94 bits per heavy atom. The van der Waals surface area contributed by atoms with Crippen LogP contribution in [0.5, 0.6) is 11.5 Å². The molecule has 2 aromatic heterocycles. The highest BCUT2D eigenvalue weighted by Gasteiger charge is 2.23. The first-order valence-electron chi connectivity index (χ1n) is 10.8. The molecule has 2 aliphatic heterocycles. The van der Waals surface area contributed by atoms with Gasteiger partial charge in [0.2, 0.25) is 18.5 Å². The van der Waals surface area contributed by atoms with Crippen LogP contribution in [0.4, 0.5) is 0 Å². The van der Waals surface area contributed by atoms with Crippen LogP contribution >= 0.6 is 23.4 Å². The van der Waals surface area contributed by atoms with E-state index < -0.39 is 0 Å². The van der Waals surface area contributed by atoms with E-state index >= 15 is 0 Å². The minimum atomic E-state index is -0.145.